The third-order valence-corrected chi connectivity index (χ3v) is 4.79. The van der Waals surface area contributed by atoms with E-state index in [2.05, 4.69) is 0 Å². The summed E-state index contributed by atoms with van der Waals surface area (Å²) in [4.78, 5) is -0.179. The Hall–Kier alpha value is -0.795. The zero-order valence-corrected chi connectivity index (χ0v) is 13.2. The van der Waals surface area contributed by atoms with Crippen LogP contribution >= 0.6 is 0 Å². The Morgan fingerprint density at radius 3 is 2.19 bits per heavy atom. The number of hydrogen-bond donors (Lipinski definition) is 2. The van der Waals surface area contributed by atoms with Crippen molar-refractivity contribution in [1.29, 1.82) is 0 Å². The fraction of sp³-hybridized carbons (Fsp3) is 0.538. The van der Waals surface area contributed by atoms with Crippen LogP contribution in [0.1, 0.15) is 33.3 Å². The molecule has 21 heavy (non-hydrogen) atoms. The van der Waals surface area contributed by atoms with Gasteiger partial charge in [-0.1, -0.05) is 0 Å². The van der Waals surface area contributed by atoms with E-state index in [0.717, 1.165) is 6.07 Å². The highest BCUT2D eigenvalue weighted by molar-refractivity contribution is 7.79. The molecule has 0 aromatic heterocycles. The molecule has 0 amide bonds. The van der Waals surface area contributed by atoms with E-state index in [1.165, 1.54) is 6.07 Å². The van der Waals surface area contributed by atoms with Gasteiger partial charge in [-0.2, -0.15) is 0 Å². The molecule has 8 heteroatoms. The first-order valence-corrected chi connectivity index (χ1v) is 7.59. The molecule has 0 aliphatic carbocycles. The van der Waals surface area contributed by atoms with Gasteiger partial charge in [-0.15, -0.1) is 0 Å². The predicted octanol–water partition coefficient (Wildman–Crippen LogP) is 1.20. The molecule has 0 spiro atoms. The minimum atomic E-state index is -2.41. The maximum atomic E-state index is 14.0. The summed E-state index contributed by atoms with van der Waals surface area (Å²) in [5, 5.41) is 9.12. The lowest BCUT2D eigenvalue weighted by molar-refractivity contribution is 0.00578. The van der Waals surface area contributed by atoms with E-state index < -0.39 is 41.8 Å². The molecular formula is C13H18BFO5S. The fourth-order valence-corrected chi connectivity index (χ4v) is 2.67. The van der Waals surface area contributed by atoms with E-state index in [9.17, 15) is 13.2 Å². The van der Waals surface area contributed by atoms with Gasteiger partial charge in [-0.05, 0) is 45.3 Å². The first-order valence-electron chi connectivity index (χ1n) is 6.49. The molecule has 1 heterocycles. The Bertz CT molecular complexity index is 574. The van der Waals surface area contributed by atoms with E-state index in [-0.39, 0.29) is 10.5 Å². The van der Waals surface area contributed by atoms with Crippen LogP contribution in [0.25, 0.3) is 0 Å². The van der Waals surface area contributed by atoms with Crippen molar-refractivity contribution in [3.63, 3.8) is 0 Å². The van der Waals surface area contributed by atoms with E-state index in [1.54, 1.807) is 0 Å². The number of aliphatic hydroxyl groups is 1. The molecule has 1 aliphatic heterocycles. The van der Waals surface area contributed by atoms with Gasteiger partial charge in [0.15, 0.2) is 11.1 Å². The van der Waals surface area contributed by atoms with E-state index in [4.69, 9.17) is 14.4 Å². The van der Waals surface area contributed by atoms with Crippen LogP contribution in [0.15, 0.2) is 17.0 Å². The lowest BCUT2D eigenvalue weighted by Crippen LogP contribution is -2.41. The fourth-order valence-electron chi connectivity index (χ4n) is 2.06. The highest BCUT2D eigenvalue weighted by Crippen LogP contribution is 2.36. The summed E-state index contributed by atoms with van der Waals surface area (Å²) >= 11 is -2.41. The van der Waals surface area contributed by atoms with Crippen LogP contribution < -0.4 is 5.46 Å². The first kappa shape index (κ1) is 16.6. The zero-order valence-electron chi connectivity index (χ0n) is 12.3. The van der Waals surface area contributed by atoms with Crippen molar-refractivity contribution in [2.45, 2.75) is 50.4 Å². The lowest BCUT2D eigenvalue weighted by atomic mass is 9.78. The van der Waals surface area contributed by atoms with Gasteiger partial charge in [0.1, 0.15) is 5.82 Å². The average Bonchev–Trinajstić information content (AvgIpc) is 2.57. The summed E-state index contributed by atoms with van der Waals surface area (Å²) in [6.07, 6.45) is 0. The Labute approximate surface area is 125 Å². The summed E-state index contributed by atoms with van der Waals surface area (Å²) < 4.78 is 46.1. The van der Waals surface area contributed by atoms with Crippen molar-refractivity contribution in [2.24, 2.45) is 0 Å². The lowest BCUT2D eigenvalue weighted by Gasteiger charge is -2.32. The summed E-state index contributed by atoms with van der Waals surface area (Å²) in [5.41, 5.74) is -1.08. The Balaban J connectivity index is 2.45. The number of aliphatic hydroxyl groups excluding tert-OH is 1. The summed E-state index contributed by atoms with van der Waals surface area (Å²) in [5.74, 6) is -0.762. The molecule has 1 fully saturated rings. The van der Waals surface area contributed by atoms with Gasteiger partial charge in [0.05, 0.1) is 22.7 Å². The minimum Gasteiger partial charge on any atom is -0.399 e. The van der Waals surface area contributed by atoms with Gasteiger partial charge in [0, 0.05) is 5.56 Å². The standard InChI is InChI=1S/C13H18BFO5S/c1-12(2)13(3,4)20-14(19-12)8-5-10(15)9(7-16)11(6-8)21(17)18/h5-6,16H,7H2,1-4H3,(H,17,18). The molecule has 0 radical (unpaired) electrons. The van der Waals surface area contributed by atoms with Crippen LogP contribution in [-0.2, 0) is 27.0 Å². The van der Waals surface area contributed by atoms with Crippen LogP contribution in [0.2, 0.25) is 0 Å². The third kappa shape index (κ3) is 2.91. The molecule has 0 saturated carbocycles. The van der Waals surface area contributed by atoms with E-state index in [0.29, 0.717) is 5.46 Å². The second-order valence-electron chi connectivity index (χ2n) is 5.97. The Morgan fingerprint density at radius 1 is 1.24 bits per heavy atom. The zero-order chi connectivity index (χ0) is 16.0. The smallest absolute Gasteiger partial charge is 0.399 e. The monoisotopic (exact) mass is 316 g/mol. The van der Waals surface area contributed by atoms with Crippen LogP contribution in [0.3, 0.4) is 0 Å². The topological polar surface area (TPSA) is 76.0 Å². The summed E-state index contributed by atoms with van der Waals surface area (Å²) in [6, 6.07) is 2.48. The summed E-state index contributed by atoms with van der Waals surface area (Å²) in [6.45, 7) is 6.78. The molecule has 1 aromatic carbocycles. The van der Waals surface area contributed by atoms with Crippen molar-refractivity contribution >= 4 is 23.7 Å². The minimum absolute atomic E-state index is 0.179. The Kier molecular flexibility index (Phi) is 4.29. The number of halogens is 1. The van der Waals surface area contributed by atoms with Gasteiger partial charge in [0.25, 0.3) is 0 Å². The molecule has 1 aromatic rings. The highest BCUT2D eigenvalue weighted by Gasteiger charge is 2.52. The average molecular weight is 316 g/mol. The van der Waals surface area contributed by atoms with E-state index in [1.807, 2.05) is 27.7 Å². The van der Waals surface area contributed by atoms with Gasteiger partial charge in [0.2, 0.25) is 0 Å². The molecule has 1 unspecified atom stereocenters. The molecule has 5 nitrogen and oxygen atoms in total. The molecule has 2 N–H and O–H groups in total. The van der Waals surface area contributed by atoms with Gasteiger partial charge in [-0.25, -0.2) is 8.60 Å². The SMILES string of the molecule is CC1(C)OB(c2cc(F)c(CO)c(S(=O)O)c2)OC1(C)C. The van der Waals surface area contributed by atoms with Crippen molar-refractivity contribution < 1.29 is 27.6 Å². The van der Waals surface area contributed by atoms with Crippen molar-refractivity contribution in [1.82, 2.24) is 0 Å². The van der Waals surface area contributed by atoms with E-state index >= 15 is 0 Å². The van der Waals surface area contributed by atoms with Gasteiger partial charge < -0.3 is 19.0 Å². The molecule has 116 valence electrons. The summed E-state index contributed by atoms with van der Waals surface area (Å²) in [7, 11) is -0.834. The predicted molar refractivity (Wildman–Crippen MR) is 77.1 cm³/mol. The molecule has 0 bridgehead atoms. The molecule has 1 saturated heterocycles. The highest BCUT2D eigenvalue weighted by atomic mass is 32.2. The van der Waals surface area contributed by atoms with Gasteiger partial charge in [-0.3, -0.25) is 0 Å². The van der Waals surface area contributed by atoms with Crippen LogP contribution in [-0.4, -0.2) is 32.2 Å². The molecule has 2 rings (SSSR count). The maximum Gasteiger partial charge on any atom is 0.494 e. The number of benzene rings is 1. The largest absolute Gasteiger partial charge is 0.494 e. The second-order valence-corrected chi connectivity index (χ2v) is 6.91. The van der Waals surface area contributed by atoms with Crippen LogP contribution in [0.4, 0.5) is 4.39 Å². The first-order chi connectivity index (χ1) is 9.59. The number of rotatable bonds is 3. The molecule has 1 atom stereocenters. The van der Waals surface area contributed by atoms with Crippen LogP contribution in [0.5, 0.6) is 0 Å². The van der Waals surface area contributed by atoms with Crippen molar-refractivity contribution in [2.75, 3.05) is 0 Å². The molecular weight excluding hydrogens is 298 g/mol. The quantitative estimate of drug-likeness (QED) is 0.647. The van der Waals surface area contributed by atoms with Gasteiger partial charge >= 0.3 is 7.12 Å². The maximum absolute atomic E-state index is 14.0. The third-order valence-electron chi connectivity index (χ3n) is 4.05. The van der Waals surface area contributed by atoms with Crippen LogP contribution in [0, 0.1) is 5.82 Å². The molecule has 1 aliphatic rings. The van der Waals surface area contributed by atoms with Crippen molar-refractivity contribution in [3.05, 3.63) is 23.5 Å². The second kappa shape index (κ2) is 5.44. The normalized spacial score (nSPS) is 21.6. The van der Waals surface area contributed by atoms with Crippen molar-refractivity contribution in [3.8, 4) is 0 Å². The Morgan fingerprint density at radius 2 is 1.76 bits per heavy atom. The number of hydrogen-bond acceptors (Lipinski definition) is 4.